The van der Waals surface area contributed by atoms with E-state index in [0.717, 1.165) is 41.3 Å². The molecule has 0 atom stereocenters. The van der Waals surface area contributed by atoms with Crippen LogP contribution in [0.1, 0.15) is 36.2 Å². The van der Waals surface area contributed by atoms with Crippen LogP contribution in [0.25, 0.3) is 10.9 Å². The summed E-state index contributed by atoms with van der Waals surface area (Å²) < 4.78 is 1.03. The molecule has 0 bridgehead atoms. The van der Waals surface area contributed by atoms with Gasteiger partial charge in [-0.2, -0.15) is 0 Å². The van der Waals surface area contributed by atoms with Gasteiger partial charge in [-0.1, -0.05) is 28.8 Å². The predicted octanol–water partition coefficient (Wildman–Crippen LogP) is 3.95. The van der Waals surface area contributed by atoms with Crippen LogP contribution < -0.4 is 0 Å². The van der Waals surface area contributed by atoms with Crippen LogP contribution in [-0.4, -0.2) is 28.9 Å². The highest BCUT2D eigenvalue weighted by Crippen LogP contribution is 2.22. The molecule has 1 aromatic carbocycles. The minimum Gasteiger partial charge on any atom is -0.351 e. The second-order valence-corrected chi connectivity index (χ2v) is 6.04. The number of aromatic amines is 1. The second kappa shape index (κ2) is 5.37. The number of rotatable bonds is 1. The molecule has 0 aliphatic carbocycles. The van der Waals surface area contributed by atoms with E-state index in [2.05, 4.69) is 20.9 Å². The Kier molecular flexibility index (Phi) is 3.60. The Bertz CT molecular complexity index is 597. The van der Waals surface area contributed by atoms with Gasteiger partial charge in [0.1, 0.15) is 5.69 Å². The Morgan fingerprint density at radius 2 is 1.84 bits per heavy atom. The quantitative estimate of drug-likeness (QED) is 0.848. The van der Waals surface area contributed by atoms with E-state index in [-0.39, 0.29) is 5.91 Å². The summed E-state index contributed by atoms with van der Waals surface area (Å²) in [5, 5.41) is 1.08. The van der Waals surface area contributed by atoms with Gasteiger partial charge in [0.15, 0.2) is 0 Å². The Morgan fingerprint density at radius 3 is 2.58 bits per heavy atom. The van der Waals surface area contributed by atoms with Crippen molar-refractivity contribution < 1.29 is 4.79 Å². The van der Waals surface area contributed by atoms with E-state index in [9.17, 15) is 4.79 Å². The lowest BCUT2D eigenvalue weighted by atomic mass is 10.2. The molecule has 0 saturated carbocycles. The van der Waals surface area contributed by atoms with E-state index in [1.807, 2.05) is 29.2 Å². The maximum Gasteiger partial charge on any atom is 0.270 e. The number of carbonyl (C=O) groups is 1. The molecule has 1 aromatic heterocycles. The largest absolute Gasteiger partial charge is 0.351 e. The summed E-state index contributed by atoms with van der Waals surface area (Å²) >= 11 is 3.46. The topological polar surface area (TPSA) is 36.1 Å². The molecule has 1 saturated heterocycles. The molecule has 2 aromatic rings. The van der Waals surface area contributed by atoms with E-state index in [0.29, 0.717) is 5.69 Å². The molecule has 1 N–H and O–H groups in total. The van der Waals surface area contributed by atoms with Crippen LogP contribution in [0, 0.1) is 0 Å². The average molecular weight is 321 g/mol. The number of likely N-dealkylation sites (tertiary alicyclic amines) is 1. The first-order valence-corrected chi connectivity index (χ1v) is 7.61. The Labute approximate surface area is 121 Å². The molecule has 0 unspecified atom stereocenters. The van der Waals surface area contributed by atoms with Crippen LogP contribution in [0.4, 0.5) is 0 Å². The van der Waals surface area contributed by atoms with E-state index in [1.54, 1.807) is 0 Å². The summed E-state index contributed by atoms with van der Waals surface area (Å²) in [5.74, 6) is 0.134. The highest BCUT2D eigenvalue weighted by molar-refractivity contribution is 9.10. The maximum absolute atomic E-state index is 12.5. The number of aromatic nitrogens is 1. The number of benzene rings is 1. The van der Waals surface area contributed by atoms with Gasteiger partial charge >= 0.3 is 0 Å². The molecule has 2 heterocycles. The Balaban J connectivity index is 1.88. The summed E-state index contributed by atoms with van der Waals surface area (Å²) in [5.41, 5.74) is 1.72. The predicted molar refractivity (Wildman–Crippen MR) is 80.4 cm³/mol. The second-order valence-electron chi connectivity index (χ2n) is 5.12. The summed E-state index contributed by atoms with van der Waals surface area (Å²) in [4.78, 5) is 17.7. The number of hydrogen-bond acceptors (Lipinski definition) is 1. The molecule has 19 heavy (non-hydrogen) atoms. The maximum atomic E-state index is 12.5. The number of nitrogens with one attached hydrogen (secondary N) is 1. The zero-order valence-corrected chi connectivity index (χ0v) is 12.4. The van der Waals surface area contributed by atoms with Crippen molar-refractivity contribution in [2.75, 3.05) is 13.1 Å². The van der Waals surface area contributed by atoms with Crippen molar-refractivity contribution in [3.8, 4) is 0 Å². The number of amides is 1. The van der Waals surface area contributed by atoms with Crippen molar-refractivity contribution in [1.29, 1.82) is 0 Å². The lowest BCUT2D eigenvalue weighted by Gasteiger charge is -2.19. The molecule has 1 fully saturated rings. The number of H-pyrrole nitrogens is 1. The zero-order valence-electron chi connectivity index (χ0n) is 10.8. The molecule has 1 aliphatic heterocycles. The summed E-state index contributed by atoms with van der Waals surface area (Å²) in [6.07, 6.45) is 4.72. The third-order valence-electron chi connectivity index (χ3n) is 3.71. The molecule has 1 amide bonds. The Morgan fingerprint density at radius 1 is 1.11 bits per heavy atom. The third-order valence-corrected chi connectivity index (χ3v) is 4.20. The van der Waals surface area contributed by atoms with Crippen LogP contribution in [0.3, 0.4) is 0 Å². The standard InChI is InChI=1S/C15H17BrN2O/c16-12-5-6-13-11(9-12)10-14(17-13)15(19)18-7-3-1-2-4-8-18/h5-6,9-10,17H,1-4,7-8H2. The number of fused-ring (bicyclic) bond motifs is 1. The van der Waals surface area contributed by atoms with Crippen LogP contribution >= 0.6 is 15.9 Å². The van der Waals surface area contributed by atoms with Crippen molar-refractivity contribution in [3.05, 3.63) is 34.4 Å². The lowest BCUT2D eigenvalue weighted by molar-refractivity contribution is 0.0757. The molecule has 0 radical (unpaired) electrons. The van der Waals surface area contributed by atoms with Crippen molar-refractivity contribution in [2.45, 2.75) is 25.7 Å². The number of halogens is 1. The van der Waals surface area contributed by atoms with Crippen molar-refractivity contribution >= 4 is 32.7 Å². The highest BCUT2D eigenvalue weighted by Gasteiger charge is 2.18. The highest BCUT2D eigenvalue weighted by atomic mass is 79.9. The van der Waals surface area contributed by atoms with E-state index in [1.165, 1.54) is 12.8 Å². The average Bonchev–Trinajstić information content (AvgIpc) is 2.64. The normalized spacial score (nSPS) is 16.6. The van der Waals surface area contributed by atoms with Gasteiger partial charge in [0.25, 0.3) is 5.91 Å². The summed E-state index contributed by atoms with van der Waals surface area (Å²) in [7, 11) is 0. The molecule has 100 valence electrons. The number of nitrogens with zero attached hydrogens (tertiary/aromatic N) is 1. The van der Waals surface area contributed by atoms with Crippen molar-refractivity contribution in [2.24, 2.45) is 0 Å². The van der Waals surface area contributed by atoms with Gasteiger partial charge < -0.3 is 9.88 Å². The fraction of sp³-hybridized carbons (Fsp3) is 0.400. The first-order chi connectivity index (χ1) is 9.24. The van der Waals surface area contributed by atoms with Crippen LogP contribution in [0.5, 0.6) is 0 Å². The number of carbonyl (C=O) groups excluding carboxylic acids is 1. The van der Waals surface area contributed by atoms with Gasteiger partial charge in [-0.3, -0.25) is 4.79 Å². The fourth-order valence-corrected chi connectivity index (χ4v) is 3.04. The molecule has 3 nitrogen and oxygen atoms in total. The molecule has 4 heteroatoms. The van der Waals surface area contributed by atoms with Gasteiger partial charge in [-0.05, 0) is 37.1 Å². The van der Waals surface area contributed by atoms with E-state index >= 15 is 0 Å². The molecular weight excluding hydrogens is 304 g/mol. The molecule has 0 spiro atoms. The lowest BCUT2D eigenvalue weighted by Crippen LogP contribution is -2.32. The van der Waals surface area contributed by atoms with Crippen LogP contribution in [0.2, 0.25) is 0 Å². The monoisotopic (exact) mass is 320 g/mol. The number of hydrogen-bond donors (Lipinski definition) is 1. The third kappa shape index (κ3) is 2.68. The van der Waals surface area contributed by atoms with Gasteiger partial charge in [-0.15, -0.1) is 0 Å². The minimum atomic E-state index is 0.134. The van der Waals surface area contributed by atoms with E-state index < -0.39 is 0 Å². The fourth-order valence-electron chi connectivity index (χ4n) is 2.66. The summed E-state index contributed by atoms with van der Waals surface area (Å²) in [6.45, 7) is 1.77. The minimum absolute atomic E-state index is 0.134. The Hall–Kier alpha value is -1.29. The summed E-state index contributed by atoms with van der Waals surface area (Å²) in [6, 6.07) is 7.97. The van der Waals surface area contributed by atoms with Gasteiger partial charge in [0.2, 0.25) is 0 Å². The van der Waals surface area contributed by atoms with Crippen LogP contribution in [0.15, 0.2) is 28.7 Å². The van der Waals surface area contributed by atoms with Gasteiger partial charge in [-0.25, -0.2) is 0 Å². The van der Waals surface area contributed by atoms with Crippen molar-refractivity contribution in [1.82, 2.24) is 9.88 Å². The zero-order chi connectivity index (χ0) is 13.2. The molecule has 3 rings (SSSR count). The smallest absolute Gasteiger partial charge is 0.270 e. The van der Waals surface area contributed by atoms with Gasteiger partial charge in [0, 0.05) is 28.5 Å². The molecular formula is C15H17BrN2O. The van der Waals surface area contributed by atoms with Crippen LogP contribution in [-0.2, 0) is 0 Å². The van der Waals surface area contributed by atoms with E-state index in [4.69, 9.17) is 0 Å². The first kappa shape index (κ1) is 12.7. The molecule has 1 aliphatic rings. The SMILES string of the molecule is O=C(c1cc2cc(Br)ccc2[nH]1)N1CCCCCC1. The van der Waals surface area contributed by atoms with Crippen molar-refractivity contribution in [3.63, 3.8) is 0 Å². The van der Waals surface area contributed by atoms with Gasteiger partial charge in [0.05, 0.1) is 0 Å². The first-order valence-electron chi connectivity index (χ1n) is 6.81.